The van der Waals surface area contributed by atoms with E-state index >= 15 is 0 Å². The van der Waals surface area contributed by atoms with Gasteiger partial charge < -0.3 is 9.88 Å². The number of piperidine rings is 1. The molecular formula is C15H22BrN3. The molecular weight excluding hydrogens is 302 g/mol. The Morgan fingerprint density at radius 2 is 2.00 bits per heavy atom. The predicted octanol–water partition coefficient (Wildman–Crippen LogP) is 4.06. The average Bonchev–Trinajstić information content (AvgIpc) is 2.79. The van der Waals surface area contributed by atoms with Gasteiger partial charge in [-0.3, -0.25) is 0 Å². The third kappa shape index (κ3) is 3.00. The van der Waals surface area contributed by atoms with Crippen LogP contribution in [0.15, 0.2) is 23.1 Å². The van der Waals surface area contributed by atoms with Gasteiger partial charge in [0, 0.05) is 17.6 Å². The molecule has 1 fully saturated rings. The predicted molar refractivity (Wildman–Crippen MR) is 84.7 cm³/mol. The SMILES string of the molecule is CC.Cc1cn(C2CCNCC2)c2cnc(Br)cc12. The molecule has 104 valence electrons. The molecule has 0 atom stereocenters. The highest BCUT2D eigenvalue weighted by Gasteiger charge is 2.17. The fourth-order valence-electron chi connectivity index (χ4n) is 2.68. The fourth-order valence-corrected chi connectivity index (χ4v) is 3.01. The van der Waals surface area contributed by atoms with E-state index in [-0.39, 0.29) is 0 Å². The number of nitrogens with one attached hydrogen (secondary N) is 1. The number of hydrogen-bond donors (Lipinski definition) is 1. The highest BCUT2D eigenvalue weighted by Crippen LogP contribution is 2.29. The van der Waals surface area contributed by atoms with Crippen molar-refractivity contribution in [3.8, 4) is 0 Å². The van der Waals surface area contributed by atoms with Gasteiger partial charge in [0.05, 0.1) is 11.7 Å². The molecule has 19 heavy (non-hydrogen) atoms. The summed E-state index contributed by atoms with van der Waals surface area (Å²) in [5.74, 6) is 0. The smallest absolute Gasteiger partial charge is 0.106 e. The van der Waals surface area contributed by atoms with Gasteiger partial charge in [0.15, 0.2) is 0 Å². The van der Waals surface area contributed by atoms with Crippen LogP contribution in [0, 0.1) is 6.92 Å². The molecule has 1 N–H and O–H groups in total. The molecule has 3 nitrogen and oxygen atoms in total. The Bertz CT molecular complexity index is 542. The van der Waals surface area contributed by atoms with Crippen molar-refractivity contribution in [3.05, 3.63) is 28.6 Å². The zero-order valence-corrected chi connectivity index (χ0v) is 13.5. The van der Waals surface area contributed by atoms with E-state index in [1.54, 1.807) is 0 Å². The normalized spacial score (nSPS) is 16.2. The van der Waals surface area contributed by atoms with Crippen molar-refractivity contribution in [1.82, 2.24) is 14.9 Å². The number of hydrogen-bond acceptors (Lipinski definition) is 2. The minimum absolute atomic E-state index is 0.621. The van der Waals surface area contributed by atoms with Crippen LogP contribution in [0.2, 0.25) is 0 Å². The van der Waals surface area contributed by atoms with E-state index in [0.29, 0.717) is 6.04 Å². The van der Waals surface area contributed by atoms with Crippen LogP contribution in [0.5, 0.6) is 0 Å². The molecule has 1 aliphatic heterocycles. The molecule has 0 unspecified atom stereocenters. The molecule has 0 spiro atoms. The molecule has 2 aromatic rings. The Kier molecular flexibility index (Phi) is 4.99. The summed E-state index contributed by atoms with van der Waals surface area (Å²) in [6, 6.07) is 2.73. The van der Waals surface area contributed by atoms with E-state index in [4.69, 9.17) is 0 Å². The summed E-state index contributed by atoms with van der Waals surface area (Å²) >= 11 is 3.44. The number of aryl methyl sites for hydroxylation is 1. The summed E-state index contributed by atoms with van der Waals surface area (Å²) in [7, 11) is 0. The van der Waals surface area contributed by atoms with E-state index in [2.05, 4.69) is 50.0 Å². The number of aromatic nitrogens is 2. The minimum Gasteiger partial charge on any atom is -0.343 e. The minimum atomic E-state index is 0.621. The van der Waals surface area contributed by atoms with Crippen LogP contribution in [0.25, 0.3) is 10.9 Å². The van der Waals surface area contributed by atoms with Gasteiger partial charge in [-0.2, -0.15) is 0 Å². The van der Waals surface area contributed by atoms with Crippen molar-refractivity contribution >= 4 is 26.8 Å². The van der Waals surface area contributed by atoms with Gasteiger partial charge in [-0.15, -0.1) is 0 Å². The molecule has 1 saturated heterocycles. The number of nitrogens with zero attached hydrogens (tertiary/aromatic N) is 2. The highest BCUT2D eigenvalue weighted by atomic mass is 79.9. The maximum Gasteiger partial charge on any atom is 0.106 e. The first kappa shape index (κ1) is 14.5. The number of fused-ring (bicyclic) bond motifs is 1. The van der Waals surface area contributed by atoms with E-state index in [9.17, 15) is 0 Å². The monoisotopic (exact) mass is 323 g/mol. The van der Waals surface area contributed by atoms with Gasteiger partial charge in [-0.25, -0.2) is 4.98 Å². The Morgan fingerprint density at radius 1 is 1.32 bits per heavy atom. The van der Waals surface area contributed by atoms with Crippen molar-refractivity contribution in [2.75, 3.05) is 13.1 Å². The lowest BCUT2D eigenvalue weighted by Gasteiger charge is -2.25. The summed E-state index contributed by atoms with van der Waals surface area (Å²) in [5, 5.41) is 4.72. The van der Waals surface area contributed by atoms with Crippen molar-refractivity contribution in [2.45, 2.75) is 39.7 Å². The first-order valence-electron chi connectivity index (χ1n) is 7.09. The third-order valence-corrected chi connectivity index (χ3v) is 4.02. The zero-order chi connectivity index (χ0) is 13.8. The standard InChI is InChI=1S/C13H16BrN3.C2H6/c1-9-8-17(10-2-4-15-5-3-10)12-7-16-13(14)6-11(9)12;1-2/h6-8,10,15H,2-5H2,1H3;1-2H3. The van der Waals surface area contributed by atoms with Crippen molar-refractivity contribution < 1.29 is 0 Å². The Morgan fingerprint density at radius 3 is 2.68 bits per heavy atom. The fraction of sp³-hybridized carbons (Fsp3) is 0.533. The molecule has 3 heterocycles. The number of halogens is 1. The van der Waals surface area contributed by atoms with Gasteiger partial charge >= 0.3 is 0 Å². The molecule has 0 saturated carbocycles. The van der Waals surface area contributed by atoms with Crippen LogP contribution >= 0.6 is 15.9 Å². The van der Waals surface area contributed by atoms with Crippen LogP contribution in [0.4, 0.5) is 0 Å². The van der Waals surface area contributed by atoms with Gasteiger partial charge in [-0.05, 0) is 60.4 Å². The van der Waals surface area contributed by atoms with Crippen LogP contribution in [0.3, 0.4) is 0 Å². The molecule has 0 aliphatic carbocycles. The quantitative estimate of drug-likeness (QED) is 0.802. The lowest BCUT2D eigenvalue weighted by molar-refractivity contribution is 0.376. The van der Waals surface area contributed by atoms with Crippen LogP contribution < -0.4 is 5.32 Å². The Balaban J connectivity index is 0.000000637. The second-order valence-electron chi connectivity index (χ2n) is 4.72. The first-order chi connectivity index (χ1) is 9.25. The topological polar surface area (TPSA) is 29.9 Å². The molecule has 0 bridgehead atoms. The lowest BCUT2D eigenvalue weighted by Crippen LogP contribution is -2.29. The Hall–Kier alpha value is -0.870. The van der Waals surface area contributed by atoms with E-state index in [1.165, 1.54) is 29.3 Å². The summed E-state index contributed by atoms with van der Waals surface area (Å²) in [5.41, 5.74) is 2.60. The van der Waals surface area contributed by atoms with Crippen molar-refractivity contribution in [2.24, 2.45) is 0 Å². The zero-order valence-electron chi connectivity index (χ0n) is 11.9. The molecule has 0 amide bonds. The number of pyridine rings is 1. The molecule has 0 aromatic carbocycles. The largest absolute Gasteiger partial charge is 0.343 e. The van der Waals surface area contributed by atoms with Crippen molar-refractivity contribution in [1.29, 1.82) is 0 Å². The van der Waals surface area contributed by atoms with E-state index in [1.807, 2.05) is 20.0 Å². The molecule has 0 radical (unpaired) electrons. The molecule has 3 rings (SSSR count). The summed E-state index contributed by atoms with van der Waals surface area (Å²) < 4.78 is 3.32. The lowest BCUT2D eigenvalue weighted by atomic mass is 10.1. The van der Waals surface area contributed by atoms with Crippen LogP contribution in [0.1, 0.15) is 38.3 Å². The maximum absolute atomic E-state index is 4.36. The molecule has 1 aliphatic rings. The molecule has 2 aromatic heterocycles. The van der Waals surface area contributed by atoms with Gasteiger partial charge in [0.1, 0.15) is 4.60 Å². The second kappa shape index (κ2) is 6.53. The van der Waals surface area contributed by atoms with Crippen LogP contribution in [-0.4, -0.2) is 22.6 Å². The number of rotatable bonds is 1. The van der Waals surface area contributed by atoms with Gasteiger partial charge in [0.25, 0.3) is 0 Å². The average molecular weight is 324 g/mol. The summed E-state index contributed by atoms with van der Waals surface area (Å²) in [4.78, 5) is 4.36. The molecule has 4 heteroatoms. The first-order valence-corrected chi connectivity index (χ1v) is 7.88. The highest BCUT2D eigenvalue weighted by molar-refractivity contribution is 9.10. The maximum atomic E-state index is 4.36. The van der Waals surface area contributed by atoms with Crippen molar-refractivity contribution in [3.63, 3.8) is 0 Å². The van der Waals surface area contributed by atoms with E-state index in [0.717, 1.165) is 17.7 Å². The Labute approximate surface area is 123 Å². The van der Waals surface area contributed by atoms with Gasteiger partial charge in [-0.1, -0.05) is 13.8 Å². The second-order valence-corrected chi connectivity index (χ2v) is 5.54. The summed E-state index contributed by atoms with van der Waals surface area (Å²) in [6.07, 6.45) is 6.67. The van der Waals surface area contributed by atoms with Crippen LogP contribution in [-0.2, 0) is 0 Å². The summed E-state index contributed by atoms with van der Waals surface area (Å²) in [6.45, 7) is 8.41. The third-order valence-electron chi connectivity index (χ3n) is 3.59. The van der Waals surface area contributed by atoms with E-state index < -0.39 is 0 Å². The van der Waals surface area contributed by atoms with Gasteiger partial charge in [0.2, 0.25) is 0 Å².